The van der Waals surface area contributed by atoms with Gasteiger partial charge in [0.2, 0.25) is 5.95 Å². The van der Waals surface area contributed by atoms with E-state index in [9.17, 15) is 4.39 Å². The summed E-state index contributed by atoms with van der Waals surface area (Å²) in [4.78, 5) is 12.1. The molecule has 2 unspecified atom stereocenters. The molecule has 5 aromatic rings. The Morgan fingerprint density at radius 2 is 1.90 bits per heavy atom. The number of anilines is 2. The largest absolute Gasteiger partial charge is 0.497 e. The number of hydrogen-bond acceptors (Lipinski definition) is 9. The van der Waals surface area contributed by atoms with Crippen molar-refractivity contribution >= 4 is 28.2 Å². The lowest BCUT2D eigenvalue weighted by molar-refractivity contribution is 0.387. The maximum absolute atomic E-state index is 14.8. The van der Waals surface area contributed by atoms with Crippen LogP contribution in [0, 0.1) is 5.82 Å². The van der Waals surface area contributed by atoms with Gasteiger partial charge in [-0.05, 0) is 38.0 Å². The molecule has 0 bridgehead atoms. The van der Waals surface area contributed by atoms with Gasteiger partial charge in [0.15, 0.2) is 23.0 Å². The summed E-state index contributed by atoms with van der Waals surface area (Å²) in [5, 5.41) is 15.9. The van der Waals surface area contributed by atoms with E-state index in [0.717, 1.165) is 30.6 Å². The van der Waals surface area contributed by atoms with E-state index in [-0.39, 0.29) is 11.7 Å². The smallest absolute Gasteiger partial charge is 0.226 e. The summed E-state index contributed by atoms with van der Waals surface area (Å²) in [6.07, 6.45) is 5.66. The number of methoxy groups -OCH3 is 3. The second-order valence-corrected chi connectivity index (χ2v) is 9.91. The molecule has 1 saturated heterocycles. The van der Waals surface area contributed by atoms with Crippen molar-refractivity contribution in [1.29, 1.82) is 0 Å². The molecule has 1 aliphatic heterocycles. The van der Waals surface area contributed by atoms with E-state index < -0.39 is 5.82 Å². The van der Waals surface area contributed by atoms with Crippen LogP contribution in [-0.2, 0) is 6.54 Å². The summed E-state index contributed by atoms with van der Waals surface area (Å²) >= 11 is 0. The van der Waals surface area contributed by atoms with Gasteiger partial charge in [0, 0.05) is 54.3 Å². The number of hydrogen-bond donors (Lipinski definition) is 2. The van der Waals surface area contributed by atoms with Crippen molar-refractivity contribution < 1.29 is 18.6 Å². The molecule has 0 saturated carbocycles. The van der Waals surface area contributed by atoms with Crippen molar-refractivity contribution in [2.45, 2.75) is 38.3 Å². The third-order valence-electron chi connectivity index (χ3n) is 7.56. The first kappa shape index (κ1) is 25.7. The van der Waals surface area contributed by atoms with Gasteiger partial charge in [0.1, 0.15) is 11.5 Å². The quantitative estimate of drug-likeness (QED) is 0.289. The number of H-pyrrole nitrogens is 1. The maximum atomic E-state index is 14.8. The predicted molar refractivity (Wildman–Crippen MR) is 149 cm³/mol. The van der Waals surface area contributed by atoms with E-state index in [4.69, 9.17) is 29.3 Å². The third-order valence-corrected chi connectivity index (χ3v) is 7.56. The Kier molecular flexibility index (Phi) is 6.74. The molecule has 0 aliphatic carbocycles. The van der Waals surface area contributed by atoms with E-state index in [1.54, 1.807) is 24.8 Å². The summed E-state index contributed by atoms with van der Waals surface area (Å²) in [5.41, 5.74) is 3.02. The maximum Gasteiger partial charge on any atom is 0.226 e. The standard InChI is InChI=1S/C28H31FN8O3/c1-16-5-6-18(15-36(16)19-13-31-32-14-19)26-34-27-21-10-22(29)25(40-4)11-23(21)33-28(37(27)35-26)30-12-17-7-8-20(38-2)9-24(17)39-3/h7-11,13-14,16,18H,5-6,12,15H2,1-4H3,(H,30,33)(H,31,32). The lowest BCUT2D eigenvalue weighted by Gasteiger charge is -2.37. The van der Waals surface area contributed by atoms with Crippen LogP contribution in [-0.4, -0.2) is 63.7 Å². The second-order valence-electron chi connectivity index (χ2n) is 9.91. The van der Waals surface area contributed by atoms with Gasteiger partial charge >= 0.3 is 0 Å². The predicted octanol–water partition coefficient (Wildman–Crippen LogP) is 4.55. The highest BCUT2D eigenvalue weighted by Crippen LogP contribution is 2.34. The fourth-order valence-electron chi connectivity index (χ4n) is 5.32. The number of piperidine rings is 1. The van der Waals surface area contributed by atoms with Gasteiger partial charge in [-0.25, -0.2) is 14.4 Å². The summed E-state index contributed by atoms with van der Waals surface area (Å²) in [6.45, 7) is 3.36. The zero-order valence-electron chi connectivity index (χ0n) is 22.8. The number of nitrogens with zero attached hydrogens (tertiary/aromatic N) is 6. The monoisotopic (exact) mass is 546 g/mol. The van der Waals surface area contributed by atoms with Crippen molar-refractivity contribution in [2.75, 3.05) is 38.1 Å². The zero-order valence-corrected chi connectivity index (χ0v) is 22.8. The fourth-order valence-corrected chi connectivity index (χ4v) is 5.32. The SMILES string of the molecule is COc1ccc(CNc2nc3cc(OC)c(F)cc3c3nc(C4CCC(C)N(c5cn[nH]c5)C4)nn23)c(OC)c1. The van der Waals surface area contributed by atoms with Gasteiger partial charge in [-0.3, -0.25) is 5.10 Å². The Hall–Kier alpha value is -4.61. The number of aromatic nitrogens is 6. The number of halogens is 1. The van der Waals surface area contributed by atoms with Gasteiger partial charge in [-0.15, -0.1) is 5.10 Å². The van der Waals surface area contributed by atoms with Crippen LogP contribution in [0.1, 0.15) is 37.1 Å². The molecule has 40 heavy (non-hydrogen) atoms. The number of fused-ring (bicyclic) bond motifs is 3. The number of benzene rings is 2. The van der Waals surface area contributed by atoms with E-state index in [0.29, 0.717) is 52.4 Å². The molecule has 2 aromatic carbocycles. The Morgan fingerprint density at radius 3 is 2.65 bits per heavy atom. The first-order valence-corrected chi connectivity index (χ1v) is 13.1. The van der Waals surface area contributed by atoms with Crippen LogP contribution in [0.3, 0.4) is 0 Å². The minimum atomic E-state index is -0.482. The molecule has 12 heteroatoms. The van der Waals surface area contributed by atoms with Crippen molar-refractivity contribution in [3.05, 3.63) is 59.9 Å². The number of rotatable bonds is 8. The van der Waals surface area contributed by atoms with E-state index >= 15 is 0 Å². The third kappa shape index (κ3) is 4.59. The molecule has 1 fully saturated rings. The molecule has 0 radical (unpaired) electrons. The summed E-state index contributed by atoms with van der Waals surface area (Å²) in [6, 6.07) is 9.00. The van der Waals surface area contributed by atoms with Crippen molar-refractivity contribution in [3.8, 4) is 17.2 Å². The summed E-state index contributed by atoms with van der Waals surface area (Å²) < 4.78 is 32.6. The molecule has 208 valence electrons. The minimum absolute atomic E-state index is 0.0821. The Balaban J connectivity index is 1.41. The highest BCUT2D eigenvalue weighted by molar-refractivity contribution is 5.93. The van der Waals surface area contributed by atoms with Crippen LogP contribution in [0.15, 0.2) is 42.7 Å². The van der Waals surface area contributed by atoms with Crippen LogP contribution >= 0.6 is 0 Å². The van der Waals surface area contributed by atoms with Gasteiger partial charge in [0.25, 0.3) is 0 Å². The Bertz CT molecular complexity index is 1660. The fraction of sp³-hybridized carbons (Fsp3) is 0.357. The molecular weight excluding hydrogens is 515 g/mol. The van der Waals surface area contributed by atoms with E-state index in [1.165, 1.54) is 13.2 Å². The molecule has 11 nitrogen and oxygen atoms in total. The van der Waals surface area contributed by atoms with E-state index in [2.05, 4.69) is 27.3 Å². The lowest BCUT2D eigenvalue weighted by atomic mass is 9.92. The normalized spacial score (nSPS) is 17.4. The van der Waals surface area contributed by atoms with Gasteiger partial charge in [-0.2, -0.15) is 9.61 Å². The molecule has 2 atom stereocenters. The summed E-state index contributed by atoms with van der Waals surface area (Å²) in [7, 11) is 4.67. The molecule has 3 aromatic heterocycles. The van der Waals surface area contributed by atoms with Gasteiger partial charge in [-0.1, -0.05) is 0 Å². The second kappa shape index (κ2) is 10.5. The zero-order chi connectivity index (χ0) is 27.8. The highest BCUT2D eigenvalue weighted by atomic mass is 19.1. The average Bonchev–Trinajstić information content (AvgIpc) is 3.67. The molecule has 6 rings (SSSR count). The lowest BCUT2D eigenvalue weighted by Crippen LogP contribution is -2.41. The number of ether oxygens (including phenoxy) is 3. The Labute approximate surface area is 230 Å². The first-order valence-electron chi connectivity index (χ1n) is 13.1. The first-order chi connectivity index (χ1) is 19.5. The molecule has 4 heterocycles. The number of aromatic amines is 1. The van der Waals surface area contributed by atoms with Crippen LogP contribution in [0.25, 0.3) is 16.6 Å². The summed E-state index contributed by atoms with van der Waals surface area (Å²) in [5.74, 6) is 2.27. The van der Waals surface area contributed by atoms with Crippen molar-refractivity contribution in [3.63, 3.8) is 0 Å². The van der Waals surface area contributed by atoms with Crippen LogP contribution in [0.5, 0.6) is 17.2 Å². The minimum Gasteiger partial charge on any atom is -0.497 e. The van der Waals surface area contributed by atoms with Gasteiger partial charge in [0.05, 0.1) is 38.7 Å². The molecule has 2 N–H and O–H groups in total. The average molecular weight is 547 g/mol. The van der Waals surface area contributed by atoms with Crippen LogP contribution in [0.2, 0.25) is 0 Å². The van der Waals surface area contributed by atoms with E-state index in [1.807, 2.05) is 30.6 Å². The number of nitrogens with one attached hydrogen (secondary N) is 2. The topological polar surface area (TPSA) is 115 Å². The van der Waals surface area contributed by atoms with Crippen LogP contribution < -0.4 is 24.4 Å². The van der Waals surface area contributed by atoms with Crippen molar-refractivity contribution in [2.24, 2.45) is 0 Å². The molecule has 1 aliphatic rings. The highest BCUT2D eigenvalue weighted by Gasteiger charge is 2.30. The van der Waals surface area contributed by atoms with Gasteiger partial charge < -0.3 is 24.4 Å². The molecular formula is C28H31FN8O3. The molecule has 0 spiro atoms. The van der Waals surface area contributed by atoms with Crippen LogP contribution in [0.4, 0.5) is 16.0 Å². The van der Waals surface area contributed by atoms with Crippen molar-refractivity contribution in [1.82, 2.24) is 29.8 Å². The molecule has 0 amide bonds. The Morgan fingerprint density at radius 1 is 1.05 bits per heavy atom.